The van der Waals surface area contributed by atoms with Gasteiger partial charge in [-0.2, -0.15) is 0 Å². The second-order valence-corrected chi connectivity index (χ2v) is 6.81. The fraction of sp³-hybridized carbons (Fsp3) is 0.208. The van der Waals surface area contributed by atoms with Gasteiger partial charge in [-0.25, -0.2) is 18.0 Å². The number of nitrogens with one attached hydrogen (secondary N) is 1. The van der Waals surface area contributed by atoms with E-state index in [-0.39, 0.29) is 31.3 Å². The van der Waals surface area contributed by atoms with E-state index < -0.39 is 17.6 Å². The molecule has 0 heterocycles. The Kier molecular flexibility index (Phi) is 7.18. The second kappa shape index (κ2) is 10.0. The van der Waals surface area contributed by atoms with E-state index in [9.17, 15) is 18.0 Å². The molecule has 7 heteroatoms. The number of esters is 1. The molecule has 3 aromatic rings. The van der Waals surface area contributed by atoms with Crippen LogP contribution in [0.15, 0.2) is 54.6 Å². The average molecular weight is 429 g/mol. The monoisotopic (exact) mass is 429 g/mol. The molecule has 0 aliphatic rings. The van der Waals surface area contributed by atoms with E-state index in [1.165, 1.54) is 30.3 Å². The number of ether oxygens (including phenoxy) is 2. The van der Waals surface area contributed by atoms with Gasteiger partial charge in [0.05, 0.1) is 12.3 Å². The lowest BCUT2D eigenvalue weighted by molar-refractivity contribution is -0.145. The van der Waals surface area contributed by atoms with Crippen LogP contribution < -0.4 is 10.1 Å². The zero-order valence-corrected chi connectivity index (χ0v) is 17.2. The lowest BCUT2D eigenvalue weighted by Crippen LogP contribution is -2.15. The van der Waals surface area contributed by atoms with Crippen LogP contribution in [0.3, 0.4) is 0 Å². The van der Waals surface area contributed by atoms with Gasteiger partial charge in [-0.05, 0) is 61.4 Å². The first-order valence-electron chi connectivity index (χ1n) is 9.74. The lowest BCUT2D eigenvalue weighted by Gasteiger charge is -2.16. The minimum Gasteiger partial charge on any atom is -0.482 e. The first-order chi connectivity index (χ1) is 14.9. The van der Waals surface area contributed by atoms with E-state index in [2.05, 4.69) is 5.32 Å². The summed E-state index contributed by atoms with van der Waals surface area (Å²) in [5.74, 6) is -1.62. The maximum Gasteiger partial charge on any atom is 0.344 e. The molecule has 0 amide bonds. The maximum atomic E-state index is 14.4. The van der Waals surface area contributed by atoms with Gasteiger partial charge in [0, 0.05) is 17.7 Å². The molecule has 0 saturated heterocycles. The molecule has 0 radical (unpaired) electrons. The Morgan fingerprint density at radius 1 is 0.968 bits per heavy atom. The first-order valence-corrected chi connectivity index (χ1v) is 9.74. The van der Waals surface area contributed by atoms with E-state index in [1.807, 2.05) is 0 Å². The first kappa shape index (κ1) is 22.2. The quantitative estimate of drug-likeness (QED) is 0.471. The summed E-state index contributed by atoms with van der Waals surface area (Å²) in [6.07, 6.45) is 0. The van der Waals surface area contributed by atoms with Gasteiger partial charge in [0.15, 0.2) is 6.61 Å². The van der Waals surface area contributed by atoms with Crippen molar-refractivity contribution in [3.05, 3.63) is 83.2 Å². The molecule has 0 unspecified atom stereocenters. The zero-order valence-electron chi connectivity index (χ0n) is 17.2. The Morgan fingerprint density at radius 3 is 2.45 bits per heavy atom. The summed E-state index contributed by atoms with van der Waals surface area (Å²) < 4.78 is 52.5. The normalized spacial score (nSPS) is 10.6. The van der Waals surface area contributed by atoms with Crippen molar-refractivity contribution in [1.29, 1.82) is 0 Å². The minimum atomic E-state index is -0.539. The molecule has 3 aromatic carbocycles. The molecule has 162 valence electrons. The van der Waals surface area contributed by atoms with Crippen LogP contribution in [-0.4, -0.2) is 19.2 Å². The number of hydrogen-bond acceptors (Lipinski definition) is 4. The van der Waals surface area contributed by atoms with Gasteiger partial charge in [-0.15, -0.1) is 0 Å². The highest BCUT2D eigenvalue weighted by molar-refractivity contribution is 5.71. The molecule has 0 aliphatic carbocycles. The third kappa shape index (κ3) is 5.57. The Hall–Kier alpha value is -3.48. The summed E-state index contributed by atoms with van der Waals surface area (Å²) in [6, 6.07) is 13.1. The number of carbonyl (C=O) groups is 1. The van der Waals surface area contributed by atoms with Crippen LogP contribution in [0.1, 0.15) is 18.1 Å². The smallest absolute Gasteiger partial charge is 0.344 e. The average Bonchev–Trinajstić information content (AvgIpc) is 2.74. The molecule has 0 bridgehead atoms. The van der Waals surface area contributed by atoms with Gasteiger partial charge in [0.2, 0.25) is 0 Å². The van der Waals surface area contributed by atoms with Gasteiger partial charge in [0.1, 0.15) is 23.2 Å². The van der Waals surface area contributed by atoms with Gasteiger partial charge in [-0.3, -0.25) is 0 Å². The van der Waals surface area contributed by atoms with Gasteiger partial charge in [-0.1, -0.05) is 18.2 Å². The molecule has 3 rings (SSSR count). The minimum absolute atomic E-state index is 0.00587. The largest absolute Gasteiger partial charge is 0.482 e. The topological polar surface area (TPSA) is 47.6 Å². The van der Waals surface area contributed by atoms with E-state index >= 15 is 0 Å². The van der Waals surface area contributed by atoms with Crippen molar-refractivity contribution in [1.82, 2.24) is 0 Å². The summed E-state index contributed by atoms with van der Waals surface area (Å²) >= 11 is 0. The Balaban J connectivity index is 1.78. The molecule has 31 heavy (non-hydrogen) atoms. The molecule has 0 saturated carbocycles. The van der Waals surface area contributed by atoms with Gasteiger partial charge >= 0.3 is 5.97 Å². The molecule has 0 aliphatic heterocycles. The number of halogens is 3. The van der Waals surface area contributed by atoms with E-state index in [1.54, 1.807) is 38.1 Å². The number of rotatable bonds is 8. The summed E-state index contributed by atoms with van der Waals surface area (Å²) in [5, 5.41) is 2.90. The third-order valence-corrected chi connectivity index (χ3v) is 4.67. The molecular formula is C24H22F3NO3. The van der Waals surface area contributed by atoms with Crippen molar-refractivity contribution in [2.45, 2.75) is 20.4 Å². The standard InChI is InChI=1S/C24H22F3NO3/c1-3-30-23(29)14-31-22-10-9-21(27)24(15(22)2)28-13-18-11-17(7-8-20(18)26)16-5-4-6-19(25)12-16/h4-12,28H,3,13-14H2,1-2H3. The number of hydrogen-bond donors (Lipinski definition) is 1. The second-order valence-electron chi connectivity index (χ2n) is 6.81. The molecule has 0 fully saturated rings. The molecule has 4 nitrogen and oxygen atoms in total. The van der Waals surface area contributed by atoms with Crippen LogP contribution in [-0.2, 0) is 16.1 Å². The van der Waals surface area contributed by atoms with Crippen LogP contribution in [0.2, 0.25) is 0 Å². The van der Waals surface area contributed by atoms with Crippen LogP contribution in [0.4, 0.5) is 18.9 Å². The lowest BCUT2D eigenvalue weighted by atomic mass is 10.0. The molecule has 0 atom stereocenters. The maximum absolute atomic E-state index is 14.4. The van der Waals surface area contributed by atoms with Crippen LogP contribution in [0, 0.1) is 24.4 Å². The highest BCUT2D eigenvalue weighted by Gasteiger charge is 2.14. The van der Waals surface area contributed by atoms with Crippen molar-refractivity contribution in [2.75, 3.05) is 18.5 Å². The molecule has 0 spiro atoms. The Bertz CT molecular complexity index is 1090. The fourth-order valence-corrected chi connectivity index (χ4v) is 3.11. The fourth-order valence-electron chi connectivity index (χ4n) is 3.11. The number of carbonyl (C=O) groups excluding carboxylic acids is 1. The van der Waals surface area contributed by atoms with Crippen molar-refractivity contribution < 1.29 is 27.4 Å². The molecule has 0 aromatic heterocycles. The van der Waals surface area contributed by atoms with Gasteiger partial charge in [0.25, 0.3) is 0 Å². The predicted octanol–water partition coefficient (Wildman–Crippen LogP) is 5.63. The SMILES string of the molecule is CCOC(=O)COc1ccc(F)c(NCc2cc(-c3cccc(F)c3)ccc2F)c1C. The molecule has 1 N–H and O–H groups in total. The summed E-state index contributed by atoms with van der Waals surface area (Å²) in [5.41, 5.74) is 2.11. The molecular weight excluding hydrogens is 407 g/mol. The Morgan fingerprint density at radius 2 is 1.71 bits per heavy atom. The predicted molar refractivity (Wildman–Crippen MR) is 112 cm³/mol. The number of anilines is 1. The van der Waals surface area contributed by atoms with E-state index in [0.717, 1.165) is 0 Å². The summed E-state index contributed by atoms with van der Waals surface area (Å²) in [7, 11) is 0. The van der Waals surface area contributed by atoms with Crippen molar-refractivity contribution >= 4 is 11.7 Å². The summed E-state index contributed by atoms with van der Waals surface area (Å²) in [4.78, 5) is 11.5. The third-order valence-electron chi connectivity index (χ3n) is 4.67. The van der Waals surface area contributed by atoms with Gasteiger partial charge < -0.3 is 14.8 Å². The van der Waals surface area contributed by atoms with Crippen LogP contribution in [0.25, 0.3) is 11.1 Å². The van der Waals surface area contributed by atoms with E-state index in [4.69, 9.17) is 9.47 Å². The zero-order chi connectivity index (χ0) is 22.4. The highest BCUT2D eigenvalue weighted by atomic mass is 19.1. The van der Waals surface area contributed by atoms with Crippen LogP contribution in [0.5, 0.6) is 5.75 Å². The number of benzene rings is 3. The van der Waals surface area contributed by atoms with Crippen molar-refractivity contribution in [2.24, 2.45) is 0 Å². The van der Waals surface area contributed by atoms with E-state index in [0.29, 0.717) is 28.0 Å². The highest BCUT2D eigenvalue weighted by Crippen LogP contribution is 2.30. The Labute approximate surface area is 178 Å². The van der Waals surface area contributed by atoms with Crippen molar-refractivity contribution in [3.63, 3.8) is 0 Å². The summed E-state index contributed by atoms with van der Waals surface area (Å²) in [6.45, 7) is 3.24. The van der Waals surface area contributed by atoms with Crippen molar-refractivity contribution in [3.8, 4) is 16.9 Å². The van der Waals surface area contributed by atoms with Crippen LogP contribution >= 0.6 is 0 Å².